The van der Waals surface area contributed by atoms with E-state index in [0.29, 0.717) is 18.9 Å². The second-order valence-corrected chi connectivity index (χ2v) is 6.66. The first-order chi connectivity index (χ1) is 11.1. The Hall–Kier alpha value is -1.88. The summed E-state index contributed by atoms with van der Waals surface area (Å²) in [6, 6.07) is 7.62. The Balaban J connectivity index is 1.84. The lowest BCUT2D eigenvalue weighted by Gasteiger charge is -2.28. The van der Waals surface area contributed by atoms with Crippen molar-refractivity contribution in [1.29, 1.82) is 0 Å². The fourth-order valence-electron chi connectivity index (χ4n) is 3.59. The Bertz CT molecular complexity index is 593. The minimum Gasteiger partial charge on any atom is -0.319 e. The number of piperidine rings is 1. The Labute approximate surface area is 137 Å². The van der Waals surface area contributed by atoms with Crippen LogP contribution in [-0.2, 0) is 10.3 Å². The predicted molar refractivity (Wildman–Crippen MR) is 89.0 cm³/mol. The molecular weight excluding hydrogens is 290 g/mol. The van der Waals surface area contributed by atoms with Crippen LogP contribution >= 0.6 is 0 Å². The molecule has 0 bridgehead atoms. The third-order valence-corrected chi connectivity index (χ3v) is 5.15. The number of carbonyl (C=O) groups is 2. The van der Waals surface area contributed by atoms with Crippen molar-refractivity contribution in [3.8, 4) is 0 Å². The molecule has 23 heavy (non-hydrogen) atoms. The Kier molecular flexibility index (Phi) is 4.39. The third-order valence-electron chi connectivity index (χ3n) is 5.15. The number of rotatable bonds is 4. The van der Waals surface area contributed by atoms with Crippen LogP contribution < -0.4 is 10.6 Å². The van der Waals surface area contributed by atoms with Gasteiger partial charge in [-0.2, -0.15) is 0 Å². The number of amides is 3. The van der Waals surface area contributed by atoms with Crippen molar-refractivity contribution in [2.24, 2.45) is 5.92 Å². The van der Waals surface area contributed by atoms with Gasteiger partial charge in [-0.3, -0.25) is 9.69 Å². The normalized spacial score (nSPS) is 25.7. The zero-order valence-electron chi connectivity index (χ0n) is 13.9. The molecule has 2 aliphatic rings. The van der Waals surface area contributed by atoms with Crippen LogP contribution in [0.25, 0.3) is 0 Å². The largest absolute Gasteiger partial charge is 0.325 e. The number of imide groups is 1. The van der Waals surface area contributed by atoms with Crippen molar-refractivity contribution < 1.29 is 9.59 Å². The van der Waals surface area contributed by atoms with Crippen molar-refractivity contribution in [2.45, 2.75) is 38.6 Å². The van der Waals surface area contributed by atoms with Gasteiger partial charge in [0, 0.05) is 6.54 Å². The first-order valence-corrected chi connectivity index (χ1v) is 8.49. The molecule has 3 rings (SSSR count). The van der Waals surface area contributed by atoms with Gasteiger partial charge in [0.15, 0.2) is 0 Å². The van der Waals surface area contributed by atoms with E-state index in [2.05, 4.69) is 10.6 Å². The second kappa shape index (κ2) is 6.32. The maximum absolute atomic E-state index is 13.1. The number of nitrogens with zero attached hydrogens (tertiary/aromatic N) is 1. The maximum atomic E-state index is 13.1. The number of hydrogen-bond acceptors (Lipinski definition) is 3. The molecule has 3 amide bonds. The van der Waals surface area contributed by atoms with E-state index in [1.54, 1.807) is 0 Å². The molecule has 5 heteroatoms. The molecule has 5 nitrogen and oxygen atoms in total. The summed E-state index contributed by atoms with van der Waals surface area (Å²) < 4.78 is 0. The lowest BCUT2D eigenvalue weighted by Crippen LogP contribution is -2.44. The van der Waals surface area contributed by atoms with E-state index in [1.807, 2.05) is 38.1 Å². The van der Waals surface area contributed by atoms with E-state index >= 15 is 0 Å². The summed E-state index contributed by atoms with van der Waals surface area (Å²) in [4.78, 5) is 26.9. The number of aryl methyl sites for hydroxylation is 1. The van der Waals surface area contributed by atoms with Crippen LogP contribution in [0.2, 0.25) is 0 Å². The number of urea groups is 1. The molecule has 0 saturated carbocycles. The van der Waals surface area contributed by atoms with Gasteiger partial charge in [-0.05, 0) is 50.8 Å². The molecule has 0 aromatic heterocycles. The molecule has 2 heterocycles. The smallest absolute Gasteiger partial charge is 0.319 e. The van der Waals surface area contributed by atoms with Gasteiger partial charge < -0.3 is 10.6 Å². The molecule has 2 aliphatic heterocycles. The zero-order chi connectivity index (χ0) is 16.4. The van der Waals surface area contributed by atoms with E-state index in [-0.39, 0.29) is 11.9 Å². The highest BCUT2D eigenvalue weighted by atomic mass is 16.2. The fraction of sp³-hybridized carbons (Fsp3) is 0.556. The Morgan fingerprint density at radius 2 is 1.83 bits per heavy atom. The summed E-state index contributed by atoms with van der Waals surface area (Å²) in [5.74, 6) is 0.295. The van der Waals surface area contributed by atoms with E-state index in [0.717, 1.165) is 37.1 Å². The number of hydrogen-bond donors (Lipinski definition) is 2. The van der Waals surface area contributed by atoms with Crippen LogP contribution in [0.1, 0.15) is 37.3 Å². The quantitative estimate of drug-likeness (QED) is 0.837. The monoisotopic (exact) mass is 315 g/mol. The predicted octanol–water partition coefficient (Wildman–Crippen LogP) is 2.15. The summed E-state index contributed by atoms with van der Waals surface area (Å²) >= 11 is 0. The summed E-state index contributed by atoms with van der Waals surface area (Å²) in [6.07, 6.45) is 2.59. The highest BCUT2D eigenvalue weighted by molar-refractivity contribution is 6.07. The van der Waals surface area contributed by atoms with Gasteiger partial charge >= 0.3 is 6.03 Å². The molecule has 2 saturated heterocycles. The Morgan fingerprint density at radius 1 is 1.17 bits per heavy atom. The molecule has 0 aliphatic carbocycles. The van der Waals surface area contributed by atoms with Crippen LogP contribution in [0, 0.1) is 12.8 Å². The number of carbonyl (C=O) groups excluding carboxylic acids is 2. The molecule has 2 fully saturated rings. The highest BCUT2D eigenvalue weighted by Crippen LogP contribution is 2.33. The lowest BCUT2D eigenvalue weighted by molar-refractivity contribution is -0.132. The van der Waals surface area contributed by atoms with Gasteiger partial charge in [0.25, 0.3) is 5.91 Å². The molecule has 1 aromatic carbocycles. The van der Waals surface area contributed by atoms with E-state index in [4.69, 9.17) is 0 Å². The van der Waals surface area contributed by atoms with Crippen molar-refractivity contribution in [2.75, 3.05) is 19.6 Å². The molecule has 0 radical (unpaired) electrons. The van der Waals surface area contributed by atoms with Gasteiger partial charge in [-0.1, -0.05) is 36.8 Å². The van der Waals surface area contributed by atoms with Crippen LogP contribution in [0.3, 0.4) is 0 Å². The van der Waals surface area contributed by atoms with Crippen molar-refractivity contribution in [1.82, 2.24) is 15.5 Å². The molecule has 2 N–H and O–H groups in total. The average molecular weight is 315 g/mol. The van der Waals surface area contributed by atoms with Gasteiger partial charge in [-0.15, -0.1) is 0 Å². The van der Waals surface area contributed by atoms with Gasteiger partial charge in [0.2, 0.25) is 0 Å². The van der Waals surface area contributed by atoms with Gasteiger partial charge in [0.05, 0.1) is 0 Å². The SMILES string of the molecule is CCC1(c2ccc(C)cc2)NC(=O)N(CC2CCNCC2)C1=O. The first kappa shape index (κ1) is 16.0. The molecule has 1 atom stereocenters. The average Bonchev–Trinajstić information content (AvgIpc) is 2.82. The number of nitrogens with one attached hydrogen (secondary N) is 2. The minimum absolute atomic E-state index is 0.104. The fourth-order valence-corrected chi connectivity index (χ4v) is 3.59. The topological polar surface area (TPSA) is 61.4 Å². The maximum Gasteiger partial charge on any atom is 0.325 e. The van der Waals surface area contributed by atoms with Crippen LogP contribution in [0.4, 0.5) is 4.79 Å². The third kappa shape index (κ3) is 2.85. The highest BCUT2D eigenvalue weighted by Gasteiger charge is 2.51. The molecular formula is C18H25N3O2. The first-order valence-electron chi connectivity index (χ1n) is 8.49. The summed E-state index contributed by atoms with van der Waals surface area (Å²) in [5, 5.41) is 6.28. The van der Waals surface area contributed by atoms with Crippen LogP contribution in [-0.4, -0.2) is 36.5 Å². The van der Waals surface area contributed by atoms with Gasteiger partial charge in [0.1, 0.15) is 5.54 Å². The minimum atomic E-state index is -0.905. The van der Waals surface area contributed by atoms with E-state index in [9.17, 15) is 9.59 Å². The van der Waals surface area contributed by atoms with Crippen molar-refractivity contribution in [3.05, 3.63) is 35.4 Å². The molecule has 124 valence electrons. The molecule has 0 spiro atoms. The molecule has 1 aromatic rings. The van der Waals surface area contributed by atoms with Gasteiger partial charge in [-0.25, -0.2) is 4.79 Å². The van der Waals surface area contributed by atoms with Crippen molar-refractivity contribution in [3.63, 3.8) is 0 Å². The second-order valence-electron chi connectivity index (χ2n) is 6.66. The van der Waals surface area contributed by atoms with Crippen LogP contribution in [0.5, 0.6) is 0 Å². The molecule has 1 unspecified atom stereocenters. The van der Waals surface area contributed by atoms with E-state index in [1.165, 1.54) is 4.90 Å². The summed E-state index contributed by atoms with van der Waals surface area (Å²) in [6.45, 7) is 6.42. The number of benzene rings is 1. The van der Waals surface area contributed by atoms with Crippen LogP contribution in [0.15, 0.2) is 24.3 Å². The summed E-state index contributed by atoms with van der Waals surface area (Å²) in [7, 11) is 0. The Morgan fingerprint density at radius 3 is 2.43 bits per heavy atom. The standard InChI is InChI=1S/C18H25N3O2/c1-3-18(15-6-4-13(2)5-7-15)16(22)21(17(23)20-18)12-14-8-10-19-11-9-14/h4-7,14,19H,3,8-12H2,1-2H3,(H,20,23). The van der Waals surface area contributed by atoms with E-state index < -0.39 is 5.54 Å². The summed E-state index contributed by atoms with van der Waals surface area (Å²) in [5.41, 5.74) is 1.11. The van der Waals surface area contributed by atoms with Crippen molar-refractivity contribution >= 4 is 11.9 Å². The lowest BCUT2D eigenvalue weighted by atomic mass is 9.86. The zero-order valence-corrected chi connectivity index (χ0v) is 13.9.